The van der Waals surface area contributed by atoms with Gasteiger partial charge in [-0.15, -0.1) is 0 Å². The molecule has 0 heterocycles. The molecule has 0 saturated heterocycles. The van der Waals surface area contributed by atoms with Crippen molar-refractivity contribution in [1.29, 1.82) is 0 Å². The predicted octanol–water partition coefficient (Wildman–Crippen LogP) is -3.73. The van der Waals surface area contributed by atoms with Crippen molar-refractivity contribution in [2.24, 2.45) is 0 Å². The molecule has 0 aromatic heterocycles. The van der Waals surface area contributed by atoms with Crippen molar-refractivity contribution in [2.75, 3.05) is 0 Å². The molecule has 0 rings (SSSR count). The normalized spacial score (nSPS) is 5.40. The minimum atomic E-state index is -3.42. The maximum Gasteiger partial charge on any atom is 1.00 e. The average Bonchev–Trinajstić information content (AvgIpc) is 0.811. The summed E-state index contributed by atoms with van der Waals surface area (Å²) in [6.07, 6.45) is 0. The van der Waals surface area contributed by atoms with E-state index >= 15 is 0 Å². The fourth-order valence-corrected chi connectivity index (χ4v) is 0. The van der Waals surface area contributed by atoms with Gasteiger partial charge in [0.2, 0.25) is 0 Å². The molecule has 0 radical (unpaired) electrons. The van der Waals surface area contributed by atoms with Crippen LogP contribution in [0.25, 0.3) is 0 Å². The molecular formula is BF2KO. The van der Waals surface area contributed by atoms with E-state index in [1.165, 1.54) is 0 Å². The molecule has 0 aliphatic carbocycles. The van der Waals surface area contributed by atoms with Crippen molar-refractivity contribution in [3.05, 3.63) is 0 Å². The molecule has 0 aliphatic heterocycles. The number of hydrogen-bond acceptors (Lipinski definition) is 1. The SMILES string of the molecule is [K+].[O-]B(F)F. The van der Waals surface area contributed by atoms with Gasteiger partial charge in [-0.3, -0.25) is 0 Å². The summed E-state index contributed by atoms with van der Waals surface area (Å²) in [4.78, 5) is 0. The van der Waals surface area contributed by atoms with Crippen LogP contribution in [0.1, 0.15) is 0 Å². The molecule has 0 N–H and O–H groups in total. The maximum absolute atomic E-state index is 9.78. The maximum atomic E-state index is 9.78. The Morgan fingerprint density at radius 2 is 1.40 bits per heavy atom. The fourth-order valence-electron chi connectivity index (χ4n) is 0. The molecule has 0 saturated carbocycles. The molecule has 0 atom stereocenters. The van der Waals surface area contributed by atoms with Crippen LogP contribution in [-0.2, 0) is 0 Å². The van der Waals surface area contributed by atoms with E-state index in [0.29, 0.717) is 0 Å². The zero-order valence-electron chi connectivity index (χ0n) is 2.74. The summed E-state index contributed by atoms with van der Waals surface area (Å²) in [5.74, 6) is 0. The van der Waals surface area contributed by atoms with Crippen LogP contribution in [0, 0.1) is 0 Å². The van der Waals surface area contributed by atoms with Crippen LogP contribution >= 0.6 is 0 Å². The van der Waals surface area contributed by atoms with Crippen molar-refractivity contribution in [3.8, 4) is 0 Å². The van der Waals surface area contributed by atoms with Crippen LogP contribution < -0.4 is 56.4 Å². The van der Waals surface area contributed by atoms with Gasteiger partial charge in [0.05, 0.1) is 0 Å². The first kappa shape index (κ1) is 9.73. The molecule has 0 spiro atoms. The number of hydrogen-bond donors (Lipinski definition) is 0. The van der Waals surface area contributed by atoms with E-state index < -0.39 is 7.47 Å². The smallest absolute Gasteiger partial charge is 0.824 e. The van der Waals surface area contributed by atoms with Crippen LogP contribution in [0.15, 0.2) is 0 Å². The Balaban J connectivity index is 0. The molecular weight excluding hydrogens is 104 g/mol. The molecule has 0 bridgehead atoms. The van der Waals surface area contributed by atoms with Crippen molar-refractivity contribution in [2.45, 2.75) is 0 Å². The third kappa shape index (κ3) is 29.6. The fraction of sp³-hybridized carbons (Fsp3) is 0. The molecule has 0 fully saturated rings. The molecule has 24 valence electrons. The van der Waals surface area contributed by atoms with Crippen molar-refractivity contribution in [3.63, 3.8) is 0 Å². The first-order valence-corrected chi connectivity index (χ1v) is 0.672. The van der Waals surface area contributed by atoms with Gasteiger partial charge in [-0.25, -0.2) is 0 Å². The Bertz CT molecular complexity index is 14.4. The first-order valence-electron chi connectivity index (χ1n) is 0.672. The standard InChI is InChI=1S/BF2O.K/c2-1(3)4;/q-1;+1. The number of halogens is 2. The minimum Gasteiger partial charge on any atom is -0.824 e. The summed E-state index contributed by atoms with van der Waals surface area (Å²) in [6.45, 7) is 0. The Hall–Kier alpha value is 1.52. The molecule has 5 heteroatoms. The van der Waals surface area contributed by atoms with Crippen LogP contribution in [0.5, 0.6) is 0 Å². The van der Waals surface area contributed by atoms with E-state index in [-0.39, 0.29) is 51.4 Å². The molecule has 1 nitrogen and oxygen atoms in total. The van der Waals surface area contributed by atoms with E-state index in [2.05, 4.69) is 0 Å². The van der Waals surface area contributed by atoms with E-state index in [1.807, 2.05) is 0 Å². The minimum absolute atomic E-state index is 0. The second-order valence-corrected chi connectivity index (χ2v) is 0.261. The molecule has 0 aromatic carbocycles. The quantitative estimate of drug-likeness (QED) is 0.290. The van der Waals surface area contributed by atoms with Gasteiger partial charge in [0.1, 0.15) is 0 Å². The van der Waals surface area contributed by atoms with Crippen LogP contribution in [0.2, 0.25) is 0 Å². The Kier molecular flexibility index (Phi) is 10.7. The molecule has 0 amide bonds. The zero-order valence-corrected chi connectivity index (χ0v) is 5.86. The number of rotatable bonds is 0. The Morgan fingerprint density at radius 3 is 1.40 bits per heavy atom. The second kappa shape index (κ2) is 5.52. The van der Waals surface area contributed by atoms with Gasteiger partial charge in [0.15, 0.2) is 0 Å². The van der Waals surface area contributed by atoms with Gasteiger partial charge >= 0.3 is 58.9 Å². The van der Waals surface area contributed by atoms with E-state index in [0.717, 1.165) is 0 Å². The molecule has 0 aliphatic rings. The topological polar surface area (TPSA) is 23.1 Å². The molecule has 0 aromatic rings. The van der Waals surface area contributed by atoms with Gasteiger partial charge in [0.25, 0.3) is 0 Å². The molecule has 5 heavy (non-hydrogen) atoms. The van der Waals surface area contributed by atoms with Gasteiger partial charge < -0.3 is 13.7 Å². The zero-order chi connectivity index (χ0) is 3.58. The monoisotopic (exact) mass is 104 g/mol. The van der Waals surface area contributed by atoms with Crippen LogP contribution in [0.4, 0.5) is 8.63 Å². The largest absolute Gasteiger partial charge is 1.00 e. The van der Waals surface area contributed by atoms with Crippen molar-refractivity contribution >= 4 is 7.47 Å². The Morgan fingerprint density at radius 1 is 1.40 bits per heavy atom. The van der Waals surface area contributed by atoms with Crippen LogP contribution in [-0.4, -0.2) is 7.47 Å². The molecule has 0 unspecified atom stereocenters. The van der Waals surface area contributed by atoms with E-state index in [9.17, 15) is 8.63 Å². The average molecular weight is 104 g/mol. The van der Waals surface area contributed by atoms with Gasteiger partial charge in [-0.2, -0.15) is 0 Å². The van der Waals surface area contributed by atoms with Crippen molar-refractivity contribution in [1.82, 2.24) is 0 Å². The summed E-state index contributed by atoms with van der Waals surface area (Å²) in [6, 6.07) is 0. The van der Waals surface area contributed by atoms with E-state index in [1.54, 1.807) is 0 Å². The predicted molar refractivity (Wildman–Crippen MR) is 7.97 cm³/mol. The first-order chi connectivity index (χ1) is 1.73. The second-order valence-electron chi connectivity index (χ2n) is 0.261. The van der Waals surface area contributed by atoms with Gasteiger partial charge in [-0.1, -0.05) is 0 Å². The summed E-state index contributed by atoms with van der Waals surface area (Å²) in [5.41, 5.74) is 0. The summed E-state index contributed by atoms with van der Waals surface area (Å²) >= 11 is 0. The third-order valence-corrected chi connectivity index (χ3v) is 0. The van der Waals surface area contributed by atoms with E-state index in [4.69, 9.17) is 5.02 Å². The summed E-state index contributed by atoms with van der Waals surface area (Å²) in [7, 11) is -3.42. The van der Waals surface area contributed by atoms with Gasteiger partial charge in [-0.05, 0) is 0 Å². The third-order valence-electron chi connectivity index (χ3n) is 0. The van der Waals surface area contributed by atoms with Gasteiger partial charge in [0, 0.05) is 0 Å². The Labute approximate surface area is 71.4 Å². The summed E-state index contributed by atoms with van der Waals surface area (Å²) in [5, 5.41) is 8.19. The van der Waals surface area contributed by atoms with Crippen molar-refractivity contribution < 1.29 is 65.0 Å². The van der Waals surface area contributed by atoms with Crippen LogP contribution in [0.3, 0.4) is 0 Å². The summed E-state index contributed by atoms with van der Waals surface area (Å²) < 4.78 is 19.6.